The fourth-order valence-electron chi connectivity index (χ4n) is 3.06. The number of benzene rings is 1. The van der Waals surface area contributed by atoms with E-state index < -0.39 is 26.1 Å². The lowest BCUT2D eigenvalue weighted by Gasteiger charge is -2.21. The van der Waals surface area contributed by atoms with Crippen molar-refractivity contribution in [3.63, 3.8) is 0 Å². The number of amides is 1. The number of methoxy groups -OCH3 is 1. The molecule has 0 spiro atoms. The van der Waals surface area contributed by atoms with E-state index in [4.69, 9.17) is 0 Å². The van der Waals surface area contributed by atoms with E-state index in [2.05, 4.69) is 15.2 Å². The van der Waals surface area contributed by atoms with Crippen LogP contribution in [0.5, 0.6) is 0 Å². The highest BCUT2D eigenvalue weighted by molar-refractivity contribution is 7.89. The molecule has 30 heavy (non-hydrogen) atoms. The summed E-state index contributed by atoms with van der Waals surface area (Å²) >= 11 is 0. The van der Waals surface area contributed by atoms with E-state index in [9.17, 15) is 21.6 Å². The highest BCUT2D eigenvalue weighted by Gasteiger charge is 2.32. The molecule has 164 valence electrons. The van der Waals surface area contributed by atoms with Gasteiger partial charge >= 0.3 is 6.09 Å². The molecule has 0 bridgehead atoms. The van der Waals surface area contributed by atoms with E-state index in [1.165, 1.54) is 57.1 Å². The maximum absolute atomic E-state index is 13.0. The van der Waals surface area contributed by atoms with Crippen LogP contribution in [-0.4, -0.2) is 74.6 Å². The molecule has 3 rings (SSSR count). The average molecular weight is 458 g/mol. The monoisotopic (exact) mass is 457 g/mol. The predicted molar refractivity (Wildman–Crippen MR) is 108 cm³/mol. The van der Waals surface area contributed by atoms with Gasteiger partial charge in [0.2, 0.25) is 20.0 Å². The Balaban J connectivity index is 1.73. The zero-order chi connectivity index (χ0) is 21.9. The molecule has 2 heterocycles. The summed E-state index contributed by atoms with van der Waals surface area (Å²) < 4.78 is 60.0. The number of nitrogens with zero attached hydrogens (tertiary/aromatic N) is 4. The van der Waals surface area contributed by atoms with Crippen molar-refractivity contribution in [3.8, 4) is 0 Å². The zero-order valence-electron chi connectivity index (χ0n) is 16.6. The molecule has 1 aliphatic heterocycles. The molecule has 1 amide bonds. The first-order valence-corrected chi connectivity index (χ1v) is 12.0. The molecule has 1 aliphatic rings. The van der Waals surface area contributed by atoms with Crippen molar-refractivity contribution in [3.05, 3.63) is 36.7 Å². The molecule has 1 fully saturated rings. The topological polar surface area (TPSA) is 131 Å². The third-order valence-corrected chi connectivity index (χ3v) is 8.42. The van der Waals surface area contributed by atoms with Crippen LogP contribution in [0.4, 0.5) is 10.5 Å². The van der Waals surface area contributed by atoms with Gasteiger partial charge in [0.05, 0.1) is 18.2 Å². The normalized spacial score (nSPS) is 16.7. The molecule has 1 aromatic heterocycles. The molecule has 2 aromatic rings. The van der Waals surface area contributed by atoms with Crippen molar-refractivity contribution in [2.24, 2.45) is 7.05 Å². The fraction of sp³-hybridized carbons (Fsp3) is 0.412. The number of carbonyl (C=O) groups excluding carboxylic acids is 1. The van der Waals surface area contributed by atoms with Gasteiger partial charge in [0.15, 0.2) is 0 Å². The Morgan fingerprint density at radius 1 is 0.967 bits per heavy atom. The number of aromatic nitrogens is 2. The van der Waals surface area contributed by atoms with Crippen molar-refractivity contribution in [2.45, 2.75) is 16.2 Å². The second-order valence-electron chi connectivity index (χ2n) is 6.65. The molecule has 0 radical (unpaired) electrons. The Kier molecular flexibility index (Phi) is 6.45. The lowest BCUT2D eigenvalue weighted by atomic mass is 10.3. The standard InChI is InChI=1S/C17H23N5O6S2/c1-20-13-16(12-18-20)30(26,27)22-9-3-8-21(10-11-22)29(24,25)15-6-4-14(5-7-15)19-17(23)28-2/h4-7,12-13H,3,8-11H2,1-2H3,(H,19,23). The average Bonchev–Trinajstić information content (AvgIpc) is 3.00. The number of hydrogen-bond donors (Lipinski definition) is 1. The second kappa shape index (κ2) is 8.71. The summed E-state index contributed by atoms with van der Waals surface area (Å²) in [6.45, 7) is 0.483. The van der Waals surface area contributed by atoms with Crippen molar-refractivity contribution in [2.75, 3.05) is 38.6 Å². The number of anilines is 1. The summed E-state index contributed by atoms with van der Waals surface area (Å²) in [5.74, 6) is 0. The van der Waals surface area contributed by atoms with Crippen molar-refractivity contribution in [1.29, 1.82) is 0 Å². The van der Waals surface area contributed by atoms with Gasteiger partial charge in [-0.2, -0.15) is 13.7 Å². The molecule has 13 heteroatoms. The van der Waals surface area contributed by atoms with Gasteiger partial charge in [0.1, 0.15) is 4.90 Å². The van der Waals surface area contributed by atoms with E-state index in [0.29, 0.717) is 12.1 Å². The minimum absolute atomic E-state index is 0.0317. The van der Waals surface area contributed by atoms with Crippen LogP contribution in [-0.2, 0) is 31.8 Å². The predicted octanol–water partition coefficient (Wildman–Crippen LogP) is 0.684. The quantitative estimate of drug-likeness (QED) is 0.699. The Morgan fingerprint density at radius 2 is 1.53 bits per heavy atom. The molecule has 0 aliphatic carbocycles. The van der Waals surface area contributed by atoms with Crippen molar-refractivity contribution >= 4 is 31.8 Å². The molecule has 1 aromatic carbocycles. The Morgan fingerprint density at radius 3 is 2.03 bits per heavy atom. The van der Waals surface area contributed by atoms with Crippen LogP contribution < -0.4 is 5.32 Å². The number of nitrogens with one attached hydrogen (secondary N) is 1. The van der Waals surface area contributed by atoms with Crippen LogP contribution in [0.15, 0.2) is 46.5 Å². The lowest BCUT2D eigenvalue weighted by Crippen LogP contribution is -2.37. The number of hydrogen-bond acceptors (Lipinski definition) is 7. The number of ether oxygens (including phenoxy) is 1. The van der Waals surface area contributed by atoms with E-state index in [1.54, 1.807) is 7.05 Å². The van der Waals surface area contributed by atoms with Crippen molar-refractivity contribution in [1.82, 2.24) is 18.4 Å². The van der Waals surface area contributed by atoms with Gasteiger partial charge in [0.25, 0.3) is 0 Å². The summed E-state index contributed by atoms with van der Waals surface area (Å²) in [4.78, 5) is 11.4. The van der Waals surface area contributed by atoms with Gasteiger partial charge in [0, 0.05) is 45.1 Å². The van der Waals surface area contributed by atoms with Crippen LogP contribution in [0.3, 0.4) is 0 Å². The van der Waals surface area contributed by atoms with Crippen LogP contribution in [0.1, 0.15) is 6.42 Å². The minimum Gasteiger partial charge on any atom is -0.453 e. The Labute approximate surface area is 175 Å². The van der Waals surface area contributed by atoms with E-state index in [1.807, 2.05) is 0 Å². The van der Waals surface area contributed by atoms with Crippen LogP contribution >= 0.6 is 0 Å². The van der Waals surface area contributed by atoms with E-state index in [0.717, 1.165) is 0 Å². The first-order chi connectivity index (χ1) is 14.1. The number of carbonyl (C=O) groups is 1. The van der Waals surface area contributed by atoms with Crippen molar-refractivity contribution < 1.29 is 26.4 Å². The van der Waals surface area contributed by atoms with Gasteiger partial charge in [-0.15, -0.1) is 0 Å². The molecular formula is C17H23N5O6S2. The Bertz CT molecular complexity index is 1110. The summed E-state index contributed by atoms with van der Waals surface area (Å²) in [7, 11) is -4.70. The van der Waals surface area contributed by atoms with Gasteiger partial charge in [-0.25, -0.2) is 21.6 Å². The molecule has 1 N–H and O–H groups in total. The minimum atomic E-state index is -3.81. The van der Waals surface area contributed by atoms with Crippen LogP contribution in [0, 0.1) is 0 Å². The SMILES string of the molecule is COC(=O)Nc1ccc(S(=O)(=O)N2CCCN(S(=O)(=O)c3cnn(C)c3)CC2)cc1. The number of rotatable bonds is 5. The first-order valence-electron chi connectivity index (χ1n) is 9.08. The first kappa shape index (κ1) is 22.2. The third kappa shape index (κ3) is 4.64. The summed E-state index contributed by atoms with van der Waals surface area (Å²) in [5.41, 5.74) is 0.394. The second-order valence-corrected chi connectivity index (χ2v) is 10.5. The molecular weight excluding hydrogens is 434 g/mol. The largest absolute Gasteiger partial charge is 0.453 e. The highest BCUT2D eigenvalue weighted by Crippen LogP contribution is 2.22. The Hall–Kier alpha value is -2.48. The third-order valence-electron chi connectivity index (χ3n) is 4.66. The molecule has 11 nitrogen and oxygen atoms in total. The van der Waals surface area contributed by atoms with E-state index in [-0.39, 0.29) is 36.0 Å². The highest BCUT2D eigenvalue weighted by atomic mass is 32.2. The van der Waals surface area contributed by atoms with Crippen LogP contribution in [0.2, 0.25) is 0 Å². The van der Waals surface area contributed by atoms with E-state index >= 15 is 0 Å². The van der Waals surface area contributed by atoms with Crippen LogP contribution in [0.25, 0.3) is 0 Å². The van der Waals surface area contributed by atoms with Gasteiger partial charge in [-0.3, -0.25) is 10.00 Å². The lowest BCUT2D eigenvalue weighted by molar-refractivity contribution is 0.187. The smallest absolute Gasteiger partial charge is 0.411 e. The van der Waals surface area contributed by atoms with Gasteiger partial charge in [-0.1, -0.05) is 0 Å². The molecule has 0 atom stereocenters. The molecule has 0 unspecified atom stereocenters. The van der Waals surface area contributed by atoms with Gasteiger partial charge in [-0.05, 0) is 30.7 Å². The molecule has 0 saturated carbocycles. The number of sulfonamides is 2. The maximum Gasteiger partial charge on any atom is 0.411 e. The summed E-state index contributed by atoms with van der Waals surface area (Å²) in [5, 5.41) is 6.35. The summed E-state index contributed by atoms with van der Waals surface area (Å²) in [6.07, 6.45) is 2.39. The maximum atomic E-state index is 13.0. The summed E-state index contributed by atoms with van der Waals surface area (Å²) in [6, 6.07) is 5.69. The molecule has 1 saturated heterocycles. The zero-order valence-corrected chi connectivity index (χ0v) is 18.2. The van der Waals surface area contributed by atoms with Gasteiger partial charge < -0.3 is 4.74 Å². The number of aryl methyl sites for hydroxylation is 1. The fourth-order valence-corrected chi connectivity index (χ4v) is 5.99.